The highest BCUT2D eigenvalue weighted by Crippen LogP contribution is 2.07. The number of rotatable bonds is 4. The van der Waals surface area contributed by atoms with Crippen molar-refractivity contribution in [2.24, 2.45) is 5.73 Å². The second-order valence-electron chi connectivity index (χ2n) is 3.61. The maximum absolute atomic E-state index is 11.3. The van der Waals surface area contributed by atoms with Crippen molar-refractivity contribution in [2.75, 3.05) is 14.2 Å². The van der Waals surface area contributed by atoms with E-state index in [0.29, 0.717) is 12.0 Å². The van der Waals surface area contributed by atoms with Crippen LogP contribution in [0.1, 0.15) is 15.9 Å². The van der Waals surface area contributed by atoms with Crippen LogP contribution in [0.4, 0.5) is 0 Å². The molecule has 0 heterocycles. The maximum Gasteiger partial charge on any atom is 0.322 e. The molecule has 17 heavy (non-hydrogen) atoms. The Kier molecular flexibility index (Phi) is 4.66. The van der Waals surface area contributed by atoms with E-state index in [1.54, 1.807) is 31.3 Å². The number of esters is 1. The summed E-state index contributed by atoms with van der Waals surface area (Å²) in [4.78, 5) is 22.4. The highest BCUT2D eigenvalue weighted by atomic mass is 16.5. The first-order valence-corrected chi connectivity index (χ1v) is 5.23. The molecular formula is C12H16N2O3. The molecule has 0 saturated carbocycles. The minimum Gasteiger partial charge on any atom is -0.468 e. The Balaban J connectivity index is 2.68. The van der Waals surface area contributed by atoms with E-state index in [1.807, 2.05) is 0 Å². The van der Waals surface area contributed by atoms with Gasteiger partial charge in [-0.2, -0.15) is 0 Å². The zero-order chi connectivity index (χ0) is 12.8. The molecule has 1 amide bonds. The van der Waals surface area contributed by atoms with Gasteiger partial charge in [0.25, 0.3) is 5.91 Å². The van der Waals surface area contributed by atoms with Gasteiger partial charge in [-0.15, -0.1) is 0 Å². The number of hydrogen-bond acceptors (Lipinski definition) is 4. The molecule has 5 heteroatoms. The lowest BCUT2D eigenvalue weighted by Gasteiger charge is -2.09. The van der Waals surface area contributed by atoms with Crippen LogP contribution in [0.25, 0.3) is 0 Å². The summed E-state index contributed by atoms with van der Waals surface area (Å²) in [6.45, 7) is 0. The third kappa shape index (κ3) is 3.57. The molecule has 0 aromatic heterocycles. The lowest BCUT2D eigenvalue weighted by Crippen LogP contribution is -2.33. The standard InChI is InChI=1S/C12H16N2O3/c1-14-11(15)9-5-3-8(4-6-9)7-10(13)12(16)17-2/h3-6,10H,7,13H2,1-2H3,(H,14,15). The Morgan fingerprint density at radius 1 is 1.35 bits per heavy atom. The van der Waals surface area contributed by atoms with Crippen LogP contribution in [-0.4, -0.2) is 32.1 Å². The number of methoxy groups -OCH3 is 1. The number of carbonyl (C=O) groups is 2. The minimum absolute atomic E-state index is 0.145. The molecule has 0 radical (unpaired) electrons. The predicted molar refractivity (Wildman–Crippen MR) is 63.5 cm³/mol. The van der Waals surface area contributed by atoms with E-state index in [4.69, 9.17) is 5.73 Å². The second-order valence-corrected chi connectivity index (χ2v) is 3.61. The Bertz CT molecular complexity index is 401. The number of carbonyl (C=O) groups excluding carboxylic acids is 2. The smallest absolute Gasteiger partial charge is 0.322 e. The molecule has 1 unspecified atom stereocenters. The van der Waals surface area contributed by atoms with Crippen LogP contribution in [0.3, 0.4) is 0 Å². The molecule has 1 aromatic carbocycles. The molecule has 1 aromatic rings. The third-order valence-electron chi connectivity index (χ3n) is 2.40. The molecule has 3 N–H and O–H groups in total. The van der Waals surface area contributed by atoms with Gasteiger partial charge in [0.15, 0.2) is 0 Å². The van der Waals surface area contributed by atoms with Crippen molar-refractivity contribution in [3.63, 3.8) is 0 Å². The van der Waals surface area contributed by atoms with Crippen LogP contribution in [0.2, 0.25) is 0 Å². The minimum atomic E-state index is -0.675. The highest BCUT2D eigenvalue weighted by Gasteiger charge is 2.14. The van der Waals surface area contributed by atoms with E-state index < -0.39 is 12.0 Å². The molecule has 0 saturated heterocycles. The zero-order valence-electron chi connectivity index (χ0n) is 9.90. The quantitative estimate of drug-likeness (QED) is 0.726. The number of ether oxygens (including phenoxy) is 1. The number of nitrogens with two attached hydrogens (primary N) is 1. The average Bonchev–Trinajstić information content (AvgIpc) is 2.37. The van der Waals surface area contributed by atoms with Gasteiger partial charge < -0.3 is 15.8 Å². The largest absolute Gasteiger partial charge is 0.468 e. The molecule has 1 atom stereocenters. The molecule has 0 aliphatic carbocycles. The summed E-state index contributed by atoms with van der Waals surface area (Å²) in [5, 5.41) is 2.53. The molecule has 0 spiro atoms. The number of nitrogens with one attached hydrogen (secondary N) is 1. The van der Waals surface area contributed by atoms with Gasteiger partial charge in [-0.05, 0) is 24.1 Å². The fourth-order valence-corrected chi connectivity index (χ4v) is 1.43. The SMILES string of the molecule is CNC(=O)c1ccc(CC(N)C(=O)OC)cc1. The van der Waals surface area contributed by atoms with Crippen LogP contribution in [-0.2, 0) is 16.0 Å². The van der Waals surface area contributed by atoms with Crippen molar-refractivity contribution >= 4 is 11.9 Å². The first-order chi connectivity index (χ1) is 8.08. The summed E-state index contributed by atoms with van der Waals surface area (Å²) in [5.74, 6) is -0.589. The second kappa shape index (κ2) is 6.00. The van der Waals surface area contributed by atoms with E-state index in [1.165, 1.54) is 7.11 Å². The molecular weight excluding hydrogens is 220 g/mol. The maximum atomic E-state index is 11.3. The van der Waals surface area contributed by atoms with Crippen molar-refractivity contribution in [1.82, 2.24) is 5.32 Å². The number of benzene rings is 1. The van der Waals surface area contributed by atoms with Crippen LogP contribution < -0.4 is 11.1 Å². The van der Waals surface area contributed by atoms with E-state index in [0.717, 1.165) is 5.56 Å². The van der Waals surface area contributed by atoms with Crippen molar-refractivity contribution in [3.8, 4) is 0 Å². The molecule has 1 rings (SSSR count). The van der Waals surface area contributed by atoms with Crippen LogP contribution in [0.5, 0.6) is 0 Å². The summed E-state index contributed by atoms with van der Waals surface area (Å²) in [7, 11) is 2.88. The monoisotopic (exact) mass is 236 g/mol. The first-order valence-electron chi connectivity index (χ1n) is 5.23. The van der Waals surface area contributed by atoms with E-state index in [9.17, 15) is 9.59 Å². The normalized spacial score (nSPS) is 11.7. The molecule has 5 nitrogen and oxygen atoms in total. The summed E-state index contributed by atoms with van der Waals surface area (Å²) in [6, 6.07) is 6.25. The first kappa shape index (κ1) is 13.2. The number of amides is 1. The van der Waals surface area contributed by atoms with Crippen LogP contribution in [0.15, 0.2) is 24.3 Å². The molecule has 92 valence electrons. The molecule has 0 bridgehead atoms. The van der Waals surface area contributed by atoms with Crippen molar-refractivity contribution in [2.45, 2.75) is 12.5 Å². The van der Waals surface area contributed by atoms with Crippen molar-refractivity contribution in [3.05, 3.63) is 35.4 Å². The predicted octanol–water partition coefficient (Wildman–Crippen LogP) is 0.0890. The van der Waals surface area contributed by atoms with E-state index in [2.05, 4.69) is 10.1 Å². The van der Waals surface area contributed by atoms with Gasteiger partial charge in [-0.3, -0.25) is 9.59 Å². The average molecular weight is 236 g/mol. The molecule has 0 fully saturated rings. The zero-order valence-corrected chi connectivity index (χ0v) is 9.90. The Morgan fingerprint density at radius 2 is 1.94 bits per heavy atom. The van der Waals surface area contributed by atoms with Gasteiger partial charge in [-0.1, -0.05) is 12.1 Å². The van der Waals surface area contributed by atoms with E-state index in [-0.39, 0.29) is 5.91 Å². The van der Waals surface area contributed by atoms with Gasteiger partial charge in [0, 0.05) is 12.6 Å². The van der Waals surface area contributed by atoms with Crippen LogP contribution >= 0.6 is 0 Å². The van der Waals surface area contributed by atoms with Gasteiger partial charge in [0.05, 0.1) is 7.11 Å². The lowest BCUT2D eigenvalue weighted by molar-refractivity contribution is -0.142. The highest BCUT2D eigenvalue weighted by molar-refractivity contribution is 5.93. The molecule has 0 aliphatic heterocycles. The topological polar surface area (TPSA) is 81.4 Å². The van der Waals surface area contributed by atoms with Crippen molar-refractivity contribution in [1.29, 1.82) is 0 Å². The van der Waals surface area contributed by atoms with Crippen molar-refractivity contribution < 1.29 is 14.3 Å². The lowest BCUT2D eigenvalue weighted by atomic mass is 10.0. The van der Waals surface area contributed by atoms with Gasteiger partial charge in [-0.25, -0.2) is 0 Å². The third-order valence-corrected chi connectivity index (χ3v) is 2.40. The van der Waals surface area contributed by atoms with Gasteiger partial charge in [0.1, 0.15) is 6.04 Å². The summed E-state index contributed by atoms with van der Waals surface area (Å²) < 4.78 is 4.54. The summed E-state index contributed by atoms with van der Waals surface area (Å²) in [6.07, 6.45) is 0.390. The Labute approximate surface area is 99.9 Å². The summed E-state index contributed by atoms with van der Waals surface area (Å²) >= 11 is 0. The Hall–Kier alpha value is -1.88. The van der Waals surface area contributed by atoms with Crippen LogP contribution in [0, 0.1) is 0 Å². The Morgan fingerprint density at radius 3 is 2.41 bits per heavy atom. The van der Waals surface area contributed by atoms with Gasteiger partial charge in [0.2, 0.25) is 0 Å². The molecule has 0 aliphatic rings. The summed E-state index contributed by atoms with van der Waals surface area (Å²) in [5.41, 5.74) is 7.09. The number of hydrogen-bond donors (Lipinski definition) is 2. The fraction of sp³-hybridized carbons (Fsp3) is 0.333. The van der Waals surface area contributed by atoms with Gasteiger partial charge >= 0.3 is 5.97 Å². The van der Waals surface area contributed by atoms with E-state index >= 15 is 0 Å². The fourth-order valence-electron chi connectivity index (χ4n) is 1.43.